The predicted octanol–water partition coefficient (Wildman–Crippen LogP) is 0.444. The quantitative estimate of drug-likeness (QED) is 0.638. The van der Waals surface area contributed by atoms with E-state index in [9.17, 15) is 32.3 Å². The van der Waals surface area contributed by atoms with Crippen LogP contribution in [0.5, 0.6) is 0 Å². The van der Waals surface area contributed by atoms with Gasteiger partial charge in [-0.1, -0.05) is 6.07 Å². The Hall–Kier alpha value is -3.63. The average molecular weight is 396 g/mol. The minimum atomic E-state index is -4.52. The molecule has 148 valence electrons. The molecule has 0 aliphatic rings. The zero-order valence-electron chi connectivity index (χ0n) is 14.2. The molecule has 0 fully saturated rings. The molecule has 2 aromatic rings. The van der Waals surface area contributed by atoms with Crippen molar-refractivity contribution in [2.45, 2.75) is 12.7 Å². The van der Waals surface area contributed by atoms with Gasteiger partial charge in [-0.05, 0) is 30.3 Å². The Morgan fingerprint density at radius 3 is 2.18 bits per heavy atom. The summed E-state index contributed by atoms with van der Waals surface area (Å²) in [7, 11) is 0. The summed E-state index contributed by atoms with van der Waals surface area (Å²) >= 11 is 0. The van der Waals surface area contributed by atoms with Gasteiger partial charge in [0.25, 0.3) is 23.3 Å². The number of nitrogens with one attached hydrogen (secondary N) is 3. The molecule has 1 aromatic carbocycles. The minimum absolute atomic E-state index is 0.0618. The van der Waals surface area contributed by atoms with E-state index in [0.717, 1.165) is 28.8 Å². The second-order valence-corrected chi connectivity index (χ2v) is 5.52. The van der Waals surface area contributed by atoms with Crippen LogP contribution in [-0.2, 0) is 22.3 Å². The summed E-state index contributed by atoms with van der Waals surface area (Å²) in [4.78, 5) is 46.6. The number of alkyl halides is 3. The smallest absolute Gasteiger partial charge is 0.343 e. The first-order valence-electron chi connectivity index (χ1n) is 7.85. The minimum Gasteiger partial charge on any atom is -0.343 e. The first-order valence-corrected chi connectivity index (χ1v) is 7.85. The van der Waals surface area contributed by atoms with E-state index < -0.39 is 41.6 Å². The molecular formula is C17H15F3N4O4. The molecule has 0 bridgehead atoms. The molecule has 3 amide bonds. The zero-order chi connectivity index (χ0) is 20.7. The van der Waals surface area contributed by atoms with E-state index in [1.54, 1.807) is 6.07 Å². The third kappa shape index (κ3) is 5.97. The van der Waals surface area contributed by atoms with E-state index in [0.29, 0.717) is 0 Å². The van der Waals surface area contributed by atoms with E-state index >= 15 is 0 Å². The number of hydrogen-bond acceptors (Lipinski definition) is 4. The molecule has 1 aromatic heterocycles. The second kappa shape index (κ2) is 8.84. The molecule has 0 atom stereocenters. The van der Waals surface area contributed by atoms with Crippen molar-refractivity contribution in [2.24, 2.45) is 0 Å². The van der Waals surface area contributed by atoms with Gasteiger partial charge in [0, 0.05) is 17.8 Å². The second-order valence-electron chi connectivity index (χ2n) is 5.52. The first-order chi connectivity index (χ1) is 13.2. The highest BCUT2D eigenvalue weighted by molar-refractivity contribution is 5.96. The van der Waals surface area contributed by atoms with Crippen molar-refractivity contribution in [3.8, 4) is 0 Å². The Kier molecular flexibility index (Phi) is 6.53. The number of amides is 3. The highest BCUT2D eigenvalue weighted by Gasteiger charge is 2.30. The summed E-state index contributed by atoms with van der Waals surface area (Å²) in [5, 5.41) is 2.20. The third-order valence-electron chi connectivity index (χ3n) is 3.44. The number of hydrogen-bond donors (Lipinski definition) is 3. The fourth-order valence-electron chi connectivity index (χ4n) is 2.04. The van der Waals surface area contributed by atoms with Crippen LogP contribution in [0.25, 0.3) is 0 Å². The Bertz CT molecular complexity index is 923. The molecule has 11 heteroatoms. The van der Waals surface area contributed by atoms with Crippen molar-refractivity contribution < 1.29 is 27.6 Å². The fraction of sp³-hybridized carbons (Fsp3) is 0.176. The van der Waals surface area contributed by atoms with Gasteiger partial charge in [-0.2, -0.15) is 13.2 Å². The van der Waals surface area contributed by atoms with Crippen LogP contribution in [0.15, 0.2) is 53.5 Å². The van der Waals surface area contributed by atoms with Crippen molar-refractivity contribution in [2.75, 3.05) is 6.54 Å². The van der Waals surface area contributed by atoms with Crippen molar-refractivity contribution in [3.05, 3.63) is 70.1 Å². The lowest BCUT2D eigenvalue weighted by atomic mass is 10.1. The molecule has 0 radical (unpaired) electrons. The molecule has 0 aliphatic heterocycles. The molecule has 0 aliphatic carbocycles. The largest absolute Gasteiger partial charge is 0.416 e. The molecular weight excluding hydrogens is 381 g/mol. The van der Waals surface area contributed by atoms with Crippen LogP contribution in [0, 0.1) is 0 Å². The number of nitrogens with zero attached hydrogens (tertiary/aromatic N) is 1. The summed E-state index contributed by atoms with van der Waals surface area (Å²) in [6.45, 7) is -0.844. The van der Waals surface area contributed by atoms with E-state index in [4.69, 9.17) is 0 Å². The lowest BCUT2D eigenvalue weighted by Gasteiger charge is -2.10. The van der Waals surface area contributed by atoms with Crippen molar-refractivity contribution >= 4 is 17.7 Å². The monoisotopic (exact) mass is 396 g/mol. The van der Waals surface area contributed by atoms with Gasteiger partial charge in [0.15, 0.2) is 0 Å². The summed E-state index contributed by atoms with van der Waals surface area (Å²) in [5.41, 5.74) is 2.75. The standard InChI is InChI=1S/C17H15F3N4O4/c18-17(19,20)12-6-4-11(5-7-12)16(28)21-9-13(25)22-23-14(26)10-24-8-2-1-3-15(24)27/h1-8H,9-10H2,(H,21,28)(H,22,25)(H,23,26). The van der Waals surface area contributed by atoms with Crippen LogP contribution >= 0.6 is 0 Å². The maximum Gasteiger partial charge on any atom is 0.416 e. The number of halogens is 3. The van der Waals surface area contributed by atoms with Gasteiger partial charge in [0.1, 0.15) is 6.54 Å². The van der Waals surface area contributed by atoms with Gasteiger partial charge in [-0.15, -0.1) is 0 Å². The number of benzene rings is 1. The van der Waals surface area contributed by atoms with Crippen LogP contribution < -0.4 is 21.7 Å². The topological polar surface area (TPSA) is 109 Å². The third-order valence-corrected chi connectivity index (χ3v) is 3.44. The van der Waals surface area contributed by atoms with Crippen molar-refractivity contribution in [1.82, 2.24) is 20.7 Å². The molecule has 0 unspecified atom stereocenters. The molecule has 0 spiro atoms. The van der Waals surface area contributed by atoms with E-state index in [1.165, 1.54) is 18.3 Å². The Balaban J connectivity index is 1.77. The van der Waals surface area contributed by atoms with E-state index in [2.05, 4.69) is 10.7 Å². The molecule has 3 N–H and O–H groups in total. The summed E-state index contributed by atoms with van der Waals surface area (Å²) in [6, 6.07) is 7.80. The SMILES string of the molecule is O=C(CNC(=O)c1ccc(C(F)(F)F)cc1)NNC(=O)Cn1ccccc1=O. The average Bonchev–Trinajstić information content (AvgIpc) is 2.65. The maximum absolute atomic E-state index is 12.5. The van der Waals surface area contributed by atoms with Gasteiger partial charge in [-0.3, -0.25) is 30.0 Å². The number of aromatic nitrogens is 1. The fourth-order valence-corrected chi connectivity index (χ4v) is 2.04. The number of pyridine rings is 1. The Morgan fingerprint density at radius 1 is 0.929 bits per heavy atom. The molecule has 2 rings (SSSR count). The lowest BCUT2D eigenvalue weighted by Crippen LogP contribution is -2.47. The van der Waals surface area contributed by atoms with E-state index in [-0.39, 0.29) is 12.1 Å². The van der Waals surface area contributed by atoms with Gasteiger partial charge >= 0.3 is 6.18 Å². The van der Waals surface area contributed by atoms with Crippen LogP contribution in [-0.4, -0.2) is 28.8 Å². The summed E-state index contributed by atoms with van der Waals surface area (Å²) < 4.78 is 38.6. The Morgan fingerprint density at radius 2 is 1.57 bits per heavy atom. The van der Waals surface area contributed by atoms with Gasteiger partial charge in [0.2, 0.25) is 0 Å². The number of carbonyl (C=O) groups is 3. The first kappa shape index (κ1) is 20.7. The Labute approximate surface area is 156 Å². The number of carbonyl (C=O) groups excluding carboxylic acids is 3. The highest BCUT2D eigenvalue weighted by Crippen LogP contribution is 2.28. The van der Waals surface area contributed by atoms with Crippen LogP contribution in [0.2, 0.25) is 0 Å². The van der Waals surface area contributed by atoms with Crippen molar-refractivity contribution in [1.29, 1.82) is 0 Å². The van der Waals surface area contributed by atoms with Crippen LogP contribution in [0.3, 0.4) is 0 Å². The van der Waals surface area contributed by atoms with Crippen molar-refractivity contribution in [3.63, 3.8) is 0 Å². The number of hydrazine groups is 1. The number of rotatable bonds is 5. The summed E-state index contributed by atoms with van der Waals surface area (Å²) in [5.74, 6) is -2.20. The molecule has 1 heterocycles. The predicted molar refractivity (Wildman–Crippen MR) is 90.8 cm³/mol. The summed E-state index contributed by atoms with van der Waals surface area (Å²) in [6.07, 6.45) is -3.12. The highest BCUT2D eigenvalue weighted by atomic mass is 19.4. The van der Waals surface area contributed by atoms with Gasteiger partial charge in [0.05, 0.1) is 12.1 Å². The zero-order valence-corrected chi connectivity index (χ0v) is 14.2. The lowest BCUT2D eigenvalue weighted by molar-refractivity contribution is -0.137. The van der Waals surface area contributed by atoms with E-state index in [1.807, 2.05) is 5.43 Å². The molecule has 0 saturated heterocycles. The molecule has 0 saturated carbocycles. The molecule has 8 nitrogen and oxygen atoms in total. The van der Waals surface area contributed by atoms with Crippen LogP contribution in [0.4, 0.5) is 13.2 Å². The van der Waals surface area contributed by atoms with Gasteiger partial charge in [-0.25, -0.2) is 0 Å². The maximum atomic E-state index is 12.5. The normalized spacial score (nSPS) is 10.8. The molecule has 28 heavy (non-hydrogen) atoms. The van der Waals surface area contributed by atoms with Crippen LogP contribution in [0.1, 0.15) is 15.9 Å². The van der Waals surface area contributed by atoms with Gasteiger partial charge < -0.3 is 9.88 Å².